The van der Waals surface area contributed by atoms with Gasteiger partial charge in [-0.3, -0.25) is 0 Å². The minimum Gasteiger partial charge on any atom is -0.456 e. The molecule has 0 spiro atoms. The van der Waals surface area contributed by atoms with Gasteiger partial charge in [0.2, 0.25) is 0 Å². The molecule has 0 unspecified atom stereocenters. The second-order valence-corrected chi connectivity index (χ2v) is 9.00. The van der Waals surface area contributed by atoms with Gasteiger partial charge >= 0.3 is 0 Å². The predicted molar refractivity (Wildman–Crippen MR) is 151 cm³/mol. The number of fused-ring (bicyclic) bond motifs is 4. The van der Waals surface area contributed by atoms with E-state index in [9.17, 15) is 0 Å². The van der Waals surface area contributed by atoms with Crippen molar-refractivity contribution < 1.29 is 4.42 Å². The van der Waals surface area contributed by atoms with Crippen molar-refractivity contribution in [2.75, 3.05) is 4.90 Å². The summed E-state index contributed by atoms with van der Waals surface area (Å²) >= 11 is 0. The van der Waals surface area contributed by atoms with E-state index in [2.05, 4.69) is 132 Å². The van der Waals surface area contributed by atoms with E-state index in [0.29, 0.717) is 0 Å². The first-order valence-electron chi connectivity index (χ1n) is 12.2. The van der Waals surface area contributed by atoms with Crippen LogP contribution in [0.3, 0.4) is 0 Å². The van der Waals surface area contributed by atoms with Crippen LogP contribution in [0.1, 0.15) is 0 Å². The molecule has 0 fully saturated rings. The molecule has 0 amide bonds. The molecule has 6 aromatic carbocycles. The van der Waals surface area contributed by atoms with Crippen molar-refractivity contribution >= 4 is 49.8 Å². The fourth-order valence-corrected chi connectivity index (χ4v) is 5.21. The van der Waals surface area contributed by atoms with Crippen LogP contribution in [0, 0.1) is 0 Å². The highest BCUT2D eigenvalue weighted by Crippen LogP contribution is 2.47. The summed E-state index contributed by atoms with van der Waals surface area (Å²) in [5.41, 5.74) is 7.45. The van der Waals surface area contributed by atoms with Crippen LogP contribution in [0.2, 0.25) is 0 Å². The van der Waals surface area contributed by atoms with E-state index >= 15 is 0 Å². The number of para-hydroxylation sites is 3. The molecule has 0 atom stereocenters. The third-order valence-electron chi connectivity index (χ3n) is 6.83. The molecular formula is C34H23NO. The zero-order chi connectivity index (χ0) is 23.9. The molecule has 2 nitrogen and oxygen atoms in total. The van der Waals surface area contributed by atoms with Gasteiger partial charge in [0.25, 0.3) is 0 Å². The number of hydrogen-bond acceptors (Lipinski definition) is 2. The third-order valence-corrected chi connectivity index (χ3v) is 6.83. The lowest BCUT2D eigenvalue weighted by Crippen LogP contribution is -2.11. The lowest BCUT2D eigenvalue weighted by molar-refractivity contribution is 0.669. The number of hydrogen-bond donors (Lipinski definition) is 0. The van der Waals surface area contributed by atoms with Crippen LogP contribution in [0.15, 0.2) is 144 Å². The molecule has 1 aromatic heterocycles. The molecule has 2 heteroatoms. The molecule has 0 N–H and O–H groups in total. The van der Waals surface area contributed by atoms with Crippen LogP contribution in [-0.4, -0.2) is 0 Å². The normalized spacial score (nSPS) is 11.3. The highest BCUT2D eigenvalue weighted by Gasteiger charge is 2.22. The highest BCUT2D eigenvalue weighted by atomic mass is 16.3. The van der Waals surface area contributed by atoms with Gasteiger partial charge in [-0.25, -0.2) is 0 Å². The van der Waals surface area contributed by atoms with Gasteiger partial charge in [0, 0.05) is 27.7 Å². The van der Waals surface area contributed by atoms with Crippen LogP contribution in [-0.2, 0) is 0 Å². The largest absolute Gasteiger partial charge is 0.456 e. The molecule has 170 valence electrons. The van der Waals surface area contributed by atoms with E-state index in [4.69, 9.17) is 4.42 Å². The van der Waals surface area contributed by atoms with E-state index < -0.39 is 0 Å². The van der Waals surface area contributed by atoms with Crippen LogP contribution in [0.5, 0.6) is 0 Å². The second-order valence-electron chi connectivity index (χ2n) is 9.00. The maximum atomic E-state index is 6.33. The minimum absolute atomic E-state index is 0.893. The Kier molecular flexibility index (Phi) is 4.82. The van der Waals surface area contributed by atoms with E-state index in [1.165, 1.54) is 10.8 Å². The van der Waals surface area contributed by atoms with Gasteiger partial charge < -0.3 is 9.32 Å². The lowest BCUT2D eigenvalue weighted by atomic mass is 9.94. The summed E-state index contributed by atoms with van der Waals surface area (Å²) in [5, 5.41) is 4.71. The van der Waals surface area contributed by atoms with Gasteiger partial charge in [-0.05, 0) is 64.9 Å². The Morgan fingerprint density at radius 1 is 0.472 bits per heavy atom. The van der Waals surface area contributed by atoms with Gasteiger partial charge in [-0.1, -0.05) is 91.0 Å². The summed E-state index contributed by atoms with van der Waals surface area (Å²) in [7, 11) is 0. The first-order chi connectivity index (χ1) is 17.9. The molecule has 0 bridgehead atoms. The molecule has 1 heterocycles. The third kappa shape index (κ3) is 3.35. The molecule has 0 saturated heterocycles. The lowest BCUT2D eigenvalue weighted by Gasteiger charge is -2.28. The Balaban J connectivity index is 1.61. The molecular weight excluding hydrogens is 438 g/mol. The Morgan fingerprint density at radius 3 is 1.86 bits per heavy atom. The minimum atomic E-state index is 0.893. The maximum absolute atomic E-state index is 6.33. The first-order valence-corrected chi connectivity index (χ1v) is 12.2. The molecule has 36 heavy (non-hydrogen) atoms. The molecule has 7 aromatic rings. The van der Waals surface area contributed by atoms with Gasteiger partial charge in [-0.2, -0.15) is 0 Å². The molecule has 0 radical (unpaired) electrons. The summed E-state index contributed by atoms with van der Waals surface area (Å²) in [6, 6.07) is 49.0. The Morgan fingerprint density at radius 2 is 1.11 bits per heavy atom. The van der Waals surface area contributed by atoms with Crippen LogP contribution < -0.4 is 4.90 Å². The molecule has 0 saturated carbocycles. The van der Waals surface area contributed by atoms with Crippen LogP contribution in [0.25, 0.3) is 43.8 Å². The van der Waals surface area contributed by atoms with Crippen molar-refractivity contribution in [1.29, 1.82) is 0 Å². The molecule has 0 aliphatic rings. The Bertz CT molecular complexity index is 1790. The number of furan rings is 1. The fourth-order valence-electron chi connectivity index (χ4n) is 5.21. The zero-order valence-electron chi connectivity index (χ0n) is 19.6. The number of rotatable bonds is 4. The Labute approximate surface area is 209 Å². The number of anilines is 3. The molecule has 0 aliphatic carbocycles. The second kappa shape index (κ2) is 8.44. The van der Waals surface area contributed by atoms with Gasteiger partial charge in [-0.15, -0.1) is 0 Å². The summed E-state index contributed by atoms with van der Waals surface area (Å²) < 4.78 is 6.33. The van der Waals surface area contributed by atoms with Gasteiger partial charge in [0.05, 0.1) is 5.69 Å². The van der Waals surface area contributed by atoms with E-state index in [-0.39, 0.29) is 0 Å². The Hall–Kier alpha value is -4.82. The van der Waals surface area contributed by atoms with Crippen molar-refractivity contribution in [2.45, 2.75) is 0 Å². The van der Waals surface area contributed by atoms with Crippen LogP contribution in [0.4, 0.5) is 17.1 Å². The van der Waals surface area contributed by atoms with Crippen LogP contribution >= 0.6 is 0 Å². The topological polar surface area (TPSA) is 16.4 Å². The fraction of sp³-hybridized carbons (Fsp3) is 0. The zero-order valence-corrected chi connectivity index (χ0v) is 19.6. The van der Waals surface area contributed by atoms with Crippen molar-refractivity contribution in [3.05, 3.63) is 140 Å². The average molecular weight is 462 g/mol. The standard InChI is InChI=1S/C34H23NO/c1-3-13-27(14-4-1)35(28-15-5-2-6-16-28)30-21-22-32-34(29-17-9-10-18-31(29)36-32)33(30)26-20-19-24-11-7-8-12-25(24)23-26/h1-23H. The van der Waals surface area contributed by atoms with E-state index in [1.54, 1.807) is 0 Å². The van der Waals surface area contributed by atoms with Crippen molar-refractivity contribution in [1.82, 2.24) is 0 Å². The summed E-state index contributed by atoms with van der Waals surface area (Å²) in [6.07, 6.45) is 0. The van der Waals surface area contributed by atoms with Crippen molar-refractivity contribution in [3.63, 3.8) is 0 Å². The monoisotopic (exact) mass is 461 g/mol. The van der Waals surface area contributed by atoms with E-state index in [0.717, 1.165) is 50.1 Å². The van der Waals surface area contributed by atoms with E-state index in [1.807, 2.05) is 12.1 Å². The first kappa shape index (κ1) is 20.5. The quantitative estimate of drug-likeness (QED) is 0.259. The average Bonchev–Trinajstić information content (AvgIpc) is 3.33. The van der Waals surface area contributed by atoms with Gasteiger partial charge in [0.15, 0.2) is 0 Å². The summed E-state index contributed by atoms with van der Waals surface area (Å²) in [6.45, 7) is 0. The maximum Gasteiger partial charge on any atom is 0.136 e. The smallest absolute Gasteiger partial charge is 0.136 e. The van der Waals surface area contributed by atoms with Gasteiger partial charge in [0.1, 0.15) is 11.2 Å². The highest BCUT2D eigenvalue weighted by molar-refractivity contribution is 6.16. The van der Waals surface area contributed by atoms with Crippen molar-refractivity contribution in [3.8, 4) is 11.1 Å². The number of benzene rings is 6. The van der Waals surface area contributed by atoms with Crippen molar-refractivity contribution in [2.24, 2.45) is 0 Å². The summed E-state index contributed by atoms with van der Waals surface area (Å²) in [4.78, 5) is 2.34. The predicted octanol–water partition coefficient (Wildman–Crippen LogP) is 9.88. The molecule has 0 aliphatic heterocycles. The SMILES string of the molecule is c1ccc(N(c2ccccc2)c2ccc3oc4ccccc4c3c2-c2ccc3ccccc3c2)cc1. The summed E-state index contributed by atoms with van der Waals surface area (Å²) in [5.74, 6) is 0. The molecule has 7 rings (SSSR count). The number of nitrogens with zero attached hydrogens (tertiary/aromatic N) is 1.